The molecule has 1 aromatic carbocycles. The third kappa shape index (κ3) is 5.39. The second-order valence-corrected chi connectivity index (χ2v) is 6.59. The number of carbonyl (C=O) groups excluding carboxylic acids is 2. The molecule has 0 spiro atoms. The number of hydrogen-bond acceptors (Lipinski definition) is 3. The van der Waals surface area contributed by atoms with Crippen LogP contribution in [0.25, 0.3) is 0 Å². The zero-order valence-corrected chi connectivity index (χ0v) is 15.1. The molecule has 0 radical (unpaired) electrons. The first-order chi connectivity index (χ1) is 11.5. The number of amides is 3. The Morgan fingerprint density at radius 2 is 2.00 bits per heavy atom. The van der Waals surface area contributed by atoms with Gasteiger partial charge in [-0.2, -0.15) is 0 Å². The van der Waals surface area contributed by atoms with Gasteiger partial charge in [0.05, 0.1) is 26.2 Å². The van der Waals surface area contributed by atoms with Crippen LogP contribution in [0.5, 0.6) is 0 Å². The van der Waals surface area contributed by atoms with Gasteiger partial charge in [0.15, 0.2) is 6.54 Å². The predicted molar refractivity (Wildman–Crippen MR) is 95.8 cm³/mol. The van der Waals surface area contributed by atoms with Crippen molar-refractivity contribution in [2.24, 2.45) is 0 Å². The number of quaternary nitrogens is 1. The Morgan fingerprint density at radius 3 is 2.67 bits per heavy atom. The highest BCUT2D eigenvalue weighted by Gasteiger charge is 2.23. The molecule has 1 aliphatic rings. The number of aryl methyl sites for hydroxylation is 1. The zero-order chi connectivity index (χ0) is 17.5. The second-order valence-electron chi connectivity index (χ2n) is 6.15. The summed E-state index contributed by atoms with van der Waals surface area (Å²) in [6.07, 6.45) is 0.845. The van der Waals surface area contributed by atoms with Crippen LogP contribution in [-0.2, 0) is 4.79 Å². The third-order valence-corrected chi connectivity index (χ3v) is 4.42. The van der Waals surface area contributed by atoms with Crippen molar-refractivity contribution in [2.75, 3.05) is 44.2 Å². The van der Waals surface area contributed by atoms with E-state index in [1.54, 1.807) is 0 Å². The van der Waals surface area contributed by atoms with Gasteiger partial charge in [-0.1, -0.05) is 24.6 Å². The summed E-state index contributed by atoms with van der Waals surface area (Å²) in [6.45, 7) is 8.38. The van der Waals surface area contributed by atoms with E-state index in [-0.39, 0.29) is 5.91 Å². The van der Waals surface area contributed by atoms with Crippen LogP contribution >= 0.6 is 11.6 Å². The number of piperazine rings is 1. The Kier molecular flexibility index (Phi) is 6.87. The van der Waals surface area contributed by atoms with Gasteiger partial charge >= 0.3 is 6.03 Å². The lowest BCUT2D eigenvalue weighted by Crippen LogP contribution is -3.16. The Bertz CT molecular complexity index is 586. The minimum Gasteiger partial charge on any atom is -0.360 e. The molecule has 1 heterocycles. The number of rotatable bonds is 5. The summed E-state index contributed by atoms with van der Waals surface area (Å²) in [4.78, 5) is 26.9. The molecule has 24 heavy (non-hydrogen) atoms. The van der Waals surface area contributed by atoms with Crippen LogP contribution in [0.15, 0.2) is 18.2 Å². The summed E-state index contributed by atoms with van der Waals surface area (Å²) < 4.78 is 0. The molecule has 0 unspecified atom stereocenters. The van der Waals surface area contributed by atoms with Crippen molar-refractivity contribution in [3.63, 3.8) is 0 Å². The smallest absolute Gasteiger partial charge is 0.321 e. The molecule has 0 bridgehead atoms. The number of hydrogen-bond donors (Lipinski definition) is 3. The van der Waals surface area contributed by atoms with Gasteiger partial charge in [0, 0.05) is 17.3 Å². The molecule has 132 valence electrons. The number of urea groups is 1. The summed E-state index contributed by atoms with van der Waals surface area (Å²) in [7, 11) is 0. The van der Waals surface area contributed by atoms with E-state index in [0.29, 0.717) is 13.1 Å². The van der Waals surface area contributed by atoms with E-state index in [0.717, 1.165) is 43.3 Å². The summed E-state index contributed by atoms with van der Waals surface area (Å²) in [5.41, 5.74) is 2.36. The normalized spacial score (nSPS) is 15.2. The van der Waals surface area contributed by atoms with Crippen molar-refractivity contribution in [3.05, 3.63) is 28.8 Å². The number of benzene rings is 1. The molecule has 1 aliphatic heterocycles. The third-order valence-electron chi connectivity index (χ3n) is 4.18. The molecule has 0 aliphatic carbocycles. The van der Waals surface area contributed by atoms with Crippen molar-refractivity contribution in [1.82, 2.24) is 10.6 Å². The quantitative estimate of drug-likeness (QED) is 0.726. The van der Waals surface area contributed by atoms with E-state index < -0.39 is 6.03 Å². The van der Waals surface area contributed by atoms with Crippen LogP contribution in [0, 0.1) is 6.92 Å². The van der Waals surface area contributed by atoms with E-state index in [1.165, 1.54) is 10.5 Å². The average molecular weight is 354 g/mol. The first kappa shape index (κ1) is 18.5. The minimum atomic E-state index is -0.408. The van der Waals surface area contributed by atoms with Gasteiger partial charge in [0.25, 0.3) is 5.91 Å². The molecule has 1 fully saturated rings. The Morgan fingerprint density at radius 1 is 1.29 bits per heavy atom. The van der Waals surface area contributed by atoms with Gasteiger partial charge in [-0.15, -0.1) is 0 Å². The van der Waals surface area contributed by atoms with Crippen molar-refractivity contribution < 1.29 is 14.5 Å². The van der Waals surface area contributed by atoms with Gasteiger partial charge in [-0.3, -0.25) is 10.1 Å². The molecule has 0 atom stereocenters. The largest absolute Gasteiger partial charge is 0.360 e. The highest BCUT2D eigenvalue weighted by Crippen LogP contribution is 2.24. The highest BCUT2D eigenvalue weighted by molar-refractivity contribution is 6.30. The van der Waals surface area contributed by atoms with Crippen molar-refractivity contribution in [2.45, 2.75) is 20.3 Å². The summed E-state index contributed by atoms with van der Waals surface area (Å²) in [6, 6.07) is 5.51. The van der Waals surface area contributed by atoms with E-state index in [4.69, 9.17) is 11.6 Å². The number of anilines is 1. The topological polar surface area (TPSA) is 65.9 Å². The summed E-state index contributed by atoms with van der Waals surface area (Å²) in [5.74, 6) is -0.231. The van der Waals surface area contributed by atoms with Crippen LogP contribution < -0.4 is 20.4 Å². The maximum absolute atomic E-state index is 11.9. The number of imide groups is 1. The van der Waals surface area contributed by atoms with Crippen molar-refractivity contribution >= 4 is 29.2 Å². The summed E-state index contributed by atoms with van der Waals surface area (Å²) >= 11 is 6.10. The standard InChI is InChI=1S/C17H25ClN4O2/c1-3-6-19-17(24)20-16(23)12-21-7-9-22(10-8-21)15-11-14(18)5-4-13(15)2/h4-5,11H,3,6-10,12H2,1-2H3,(H2,19,20,23,24)/p+1. The van der Waals surface area contributed by atoms with Crippen LogP contribution in [0.3, 0.4) is 0 Å². The lowest BCUT2D eigenvalue weighted by Gasteiger charge is -2.34. The molecule has 2 rings (SSSR count). The molecular formula is C17H26ClN4O2+. The van der Waals surface area contributed by atoms with Gasteiger partial charge in [0.1, 0.15) is 0 Å². The average Bonchev–Trinajstić information content (AvgIpc) is 2.56. The number of nitrogens with zero attached hydrogens (tertiary/aromatic N) is 1. The molecule has 0 saturated carbocycles. The molecule has 7 heteroatoms. The van der Waals surface area contributed by atoms with E-state index in [9.17, 15) is 9.59 Å². The van der Waals surface area contributed by atoms with Gasteiger partial charge < -0.3 is 15.1 Å². The summed E-state index contributed by atoms with van der Waals surface area (Å²) in [5, 5.41) is 5.76. The molecule has 1 aromatic rings. The molecule has 3 N–H and O–H groups in total. The zero-order valence-electron chi connectivity index (χ0n) is 14.3. The van der Waals surface area contributed by atoms with Crippen molar-refractivity contribution in [3.8, 4) is 0 Å². The molecule has 0 aromatic heterocycles. The Balaban J connectivity index is 1.79. The Labute approximate surface area is 148 Å². The monoisotopic (exact) mass is 353 g/mol. The predicted octanol–water partition coefficient (Wildman–Crippen LogP) is 0.589. The van der Waals surface area contributed by atoms with Crippen LogP contribution in [0.2, 0.25) is 5.02 Å². The highest BCUT2D eigenvalue weighted by atomic mass is 35.5. The lowest BCUT2D eigenvalue weighted by molar-refractivity contribution is -0.892. The van der Waals surface area contributed by atoms with Gasteiger partial charge in [-0.25, -0.2) is 4.79 Å². The van der Waals surface area contributed by atoms with E-state index >= 15 is 0 Å². The SMILES string of the molecule is CCCNC(=O)NC(=O)C[NH+]1CCN(c2cc(Cl)ccc2C)CC1. The first-order valence-electron chi connectivity index (χ1n) is 8.42. The second kappa shape index (κ2) is 8.89. The van der Waals surface area contributed by atoms with Crippen LogP contribution in [0.1, 0.15) is 18.9 Å². The lowest BCUT2D eigenvalue weighted by atomic mass is 10.1. The Hall–Kier alpha value is -1.79. The maximum Gasteiger partial charge on any atom is 0.321 e. The number of halogens is 1. The maximum atomic E-state index is 11.9. The fourth-order valence-electron chi connectivity index (χ4n) is 2.84. The minimum absolute atomic E-state index is 0.231. The van der Waals surface area contributed by atoms with Gasteiger partial charge in [-0.05, 0) is 31.0 Å². The fraction of sp³-hybridized carbons (Fsp3) is 0.529. The van der Waals surface area contributed by atoms with Crippen molar-refractivity contribution in [1.29, 1.82) is 0 Å². The van der Waals surface area contributed by atoms with Crippen LogP contribution in [-0.4, -0.2) is 51.2 Å². The molecule has 1 saturated heterocycles. The molecule has 6 nitrogen and oxygen atoms in total. The van der Waals surface area contributed by atoms with E-state index in [2.05, 4.69) is 22.5 Å². The molecule has 3 amide bonds. The number of carbonyl (C=O) groups is 2. The number of nitrogens with one attached hydrogen (secondary N) is 3. The van der Waals surface area contributed by atoms with E-state index in [1.807, 2.05) is 25.1 Å². The molecular weight excluding hydrogens is 328 g/mol. The first-order valence-corrected chi connectivity index (χ1v) is 8.79. The van der Waals surface area contributed by atoms with Crippen LogP contribution in [0.4, 0.5) is 10.5 Å². The fourth-order valence-corrected chi connectivity index (χ4v) is 3.01. The van der Waals surface area contributed by atoms with Gasteiger partial charge in [0.2, 0.25) is 0 Å².